The quantitative estimate of drug-likeness (QED) is 0.823. The fraction of sp³-hybridized carbons (Fsp3) is 0.308. The van der Waals surface area contributed by atoms with Crippen molar-refractivity contribution in [3.8, 4) is 0 Å². The Morgan fingerprint density at radius 2 is 2.11 bits per heavy atom. The van der Waals surface area contributed by atoms with Gasteiger partial charge in [-0.3, -0.25) is 9.59 Å². The maximum atomic E-state index is 12.1. The molecule has 0 saturated heterocycles. The minimum atomic E-state index is -0.896. The van der Waals surface area contributed by atoms with E-state index in [2.05, 4.69) is 26.2 Å². The minimum Gasteiger partial charge on any atom is -0.328 e. The number of nitrogens with one attached hydrogen (secondary N) is 1. The zero-order valence-corrected chi connectivity index (χ0v) is 12.0. The Morgan fingerprint density at radius 1 is 1.42 bits per heavy atom. The van der Waals surface area contributed by atoms with Crippen LogP contribution >= 0.6 is 15.9 Å². The lowest BCUT2D eigenvalue weighted by molar-refractivity contribution is -0.129. The molecule has 0 bridgehead atoms. The van der Waals surface area contributed by atoms with Crippen molar-refractivity contribution >= 4 is 33.6 Å². The lowest BCUT2D eigenvalue weighted by Gasteiger charge is -2.21. The number of carbonyl (C=O) groups is 2. The average molecular weight is 324 g/mol. The number of halogens is 1. The molecule has 6 heteroatoms. The molecule has 2 atom stereocenters. The summed E-state index contributed by atoms with van der Waals surface area (Å²) in [7, 11) is 0. The van der Waals surface area contributed by atoms with Crippen LogP contribution in [0.1, 0.15) is 24.8 Å². The third-order valence-electron chi connectivity index (χ3n) is 2.75. The number of amidine groups is 1. The maximum absolute atomic E-state index is 12.1. The molecule has 5 nitrogen and oxygen atoms in total. The summed E-state index contributed by atoms with van der Waals surface area (Å²) in [5.41, 5.74) is 6.25. The van der Waals surface area contributed by atoms with E-state index >= 15 is 0 Å². The molecule has 1 aliphatic rings. The predicted octanol–water partition coefficient (Wildman–Crippen LogP) is 1.32. The summed E-state index contributed by atoms with van der Waals surface area (Å²) >= 11 is 3.34. The van der Waals surface area contributed by atoms with E-state index < -0.39 is 11.8 Å². The molecule has 2 amide bonds. The number of rotatable bonds is 3. The minimum absolute atomic E-state index is 0.160. The molecule has 100 valence electrons. The predicted molar refractivity (Wildman–Crippen MR) is 75.7 cm³/mol. The summed E-state index contributed by atoms with van der Waals surface area (Å²) in [4.78, 5) is 28.0. The molecule has 1 aliphatic heterocycles. The molecule has 19 heavy (non-hydrogen) atoms. The standard InChI is InChI=1S/C13H14BrN3O2/c1-7(15)6-10-16-12(18)11(13(19)17-10)8-4-2-3-5-9(8)14/h2-5,7,11H,6,15H2,1H3,(H,16,17,18,19). The Hall–Kier alpha value is -1.53. The van der Waals surface area contributed by atoms with E-state index in [0.717, 1.165) is 0 Å². The van der Waals surface area contributed by atoms with E-state index in [1.54, 1.807) is 25.1 Å². The van der Waals surface area contributed by atoms with Crippen LogP contribution < -0.4 is 11.1 Å². The Morgan fingerprint density at radius 3 is 2.68 bits per heavy atom. The molecule has 1 heterocycles. The molecule has 3 N–H and O–H groups in total. The van der Waals surface area contributed by atoms with Crippen LogP contribution in [0.2, 0.25) is 0 Å². The number of nitrogens with zero attached hydrogens (tertiary/aromatic N) is 1. The highest BCUT2D eigenvalue weighted by atomic mass is 79.9. The van der Waals surface area contributed by atoms with Gasteiger partial charge in [-0.25, -0.2) is 0 Å². The number of amides is 2. The van der Waals surface area contributed by atoms with Crippen molar-refractivity contribution < 1.29 is 9.59 Å². The highest BCUT2D eigenvalue weighted by Gasteiger charge is 2.34. The second-order valence-corrected chi connectivity index (χ2v) is 5.38. The first-order valence-electron chi connectivity index (χ1n) is 5.91. The van der Waals surface area contributed by atoms with Crippen LogP contribution in [0.15, 0.2) is 33.7 Å². The van der Waals surface area contributed by atoms with Crippen LogP contribution in [0.5, 0.6) is 0 Å². The molecule has 2 rings (SSSR count). The maximum Gasteiger partial charge on any atom is 0.264 e. The SMILES string of the molecule is CC(N)CC1=NC(=O)C(c2ccccc2Br)C(=O)N1. The number of nitrogens with two attached hydrogens (primary N) is 1. The smallest absolute Gasteiger partial charge is 0.264 e. The van der Waals surface area contributed by atoms with Crippen LogP contribution in [0.25, 0.3) is 0 Å². The van der Waals surface area contributed by atoms with E-state index in [1.165, 1.54) is 0 Å². The van der Waals surface area contributed by atoms with Gasteiger partial charge in [-0.15, -0.1) is 0 Å². The monoisotopic (exact) mass is 323 g/mol. The number of carbonyl (C=O) groups excluding carboxylic acids is 2. The van der Waals surface area contributed by atoms with Crippen LogP contribution in [-0.2, 0) is 9.59 Å². The number of hydrogen-bond donors (Lipinski definition) is 2. The van der Waals surface area contributed by atoms with Gasteiger partial charge in [0, 0.05) is 16.9 Å². The van der Waals surface area contributed by atoms with Crippen molar-refractivity contribution in [1.29, 1.82) is 0 Å². The summed E-state index contributed by atoms with van der Waals surface area (Å²) in [6.45, 7) is 1.79. The van der Waals surface area contributed by atoms with E-state index in [1.807, 2.05) is 6.07 Å². The Balaban J connectivity index is 2.31. The highest BCUT2D eigenvalue weighted by Crippen LogP contribution is 2.27. The summed E-state index contributed by atoms with van der Waals surface area (Å²) in [5, 5.41) is 2.64. The van der Waals surface area contributed by atoms with Gasteiger partial charge in [0.15, 0.2) is 0 Å². The number of benzene rings is 1. The van der Waals surface area contributed by atoms with Gasteiger partial charge in [-0.1, -0.05) is 34.1 Å². The van der Waals surface area contributed by atoms with Gasteiger partial charge < -0.3 is 11.1 Å². The van der Waals surface area contributed by atoms with Crippen molar-refractivity contribution in [2.24, 2.45) is 10.7 Å². The molecular weight excluding hydrogens is 310 g/mol. The van der Waals surface area contributed by atoms with Crippen molar-refractivity contribution in [3.63, 3.8) is 0 Å². The average Bonchev–Trinajstić information content (AvgIpc) is 2.29. The molecule has 2 unspecified atom stereocenters. The van der Waals surface area contributed by atoms with Gasteiger partial charge in [0.05, 0.1) is 0 Å². The fourth-order valence-electron chi connectivity index (χ4n) is 1.94. The van der Waals surface area contributed by atoms with Crippen molar-refractivity contribution in [1.82, 2.24) is 5.32 Å². The van der Waals surface area contributed by atoms with Crippen LogP contribution in [-0.4, -0.2) is 23.7 Å². The Bertz CT molecular complexity index is 555. The van der Waals surface area contributed by atoms with Crippen molar-refractivity contribution in [2.75, 3.05) is 0 Å². The van der Waals surface area contributed by atoms with Crippen molar-refractivity contribution in [3.05, 3.63) is 34.3 Å². The van der Waals surface area contributed by atoms with Gasteiger partial charge >= 0.3 is 0 Å². The summed E-state index contributed by atoms with van der Waals surface area (Å²) < 4.78 is 0.717. The molecule has 0 aromatic heterocycles. The van der Waals surface area contributed by atoms with Crippen LogP contribution in [0, 0.1) is 0 Å². The largest absolute Gasteiger partial charge is 0.328 e. The van der Waals surface area contributed by atoms with Gasteiger partial charge in [-0.2, -0.15) is 4.99 Å². The topological polar surface area (TPSA) is 84.5 Å². The van der Waals surface area contributed by atoms with Gasteiger partial charge in [0.25, 0.3) is 5.91 Å². The molecule has 0 fully saturated rings. The van der Waals surface area contributed by atoms with Crippen LogP contribution in [0.4, 0.5) is 0 Å². The third-order valence-corrected chi connectivity index (χ3v) is 3.48. The van der Waals surface area contributed by atoms with Crippen molar-refractivity contribution in [2.45, 2.75) is 25.3 Å². The molecule has 0 aliphatic carbocycles. The second kappa shape index (κ2) is 5.63. The Labute approximate surface area is 119 Å². The van der Waals surface area contributed by atoms with Gasteiger partial charge in [0.1, 0.15) is 11.8 Å². The molecule has 0 saturated carbocycles. The van der Waals surface area contributed by atoms with E-state index in [-0.39, 0.29) is 11.9 Å². The molecular formula is C13H14BrN3O2. The lowest BCUT2D eigenvalue weighted by Crippen LogP contribution is -2.44. The third kappa shape index (κ3) is 3.08. The fourth-order valence-corrected chi connectivity index (χ4v) is 2.45. The normalized spacial score (nSPS) is 20.8. The Kier molecular flexibility index (Phi) is 4.11. The first-order chi connectivity index (χ1) is 8.99. The number of aliphatic imine (C=N–C) groups is 1. The molecule has 1 aromatic rings. The van der Waals surface area contributed by atoms with Gasteiger partial charge in [0.2, 0.25) is 5.91 Å². The van der Waals surface area contributed by atoms with Crippen LogP contribution in [0.3, 0.4) is 0 Å². The first kappa shape index (κ1) is 13.9. The van der Waals surface area contributed by atoms with Gasteiger partial charge in [-0.05, 0) is 18.6 Å². The number of hydrogen-bond acceptors (Lipinski definition) is 3. The molecule has 1 aromatic carbocycles. The van der Waals surface area contributed by atoms with E-state index in [9.17, 15) is 9.59 Å². The highest BCUT2D eigenvalue weighted by molar-refractivity contribution is 9.10. The summed E-state index contributed by atoms with van der Waals surface area (Å²) in [6, 6.07) is 6.97. The zero-order valence-electron chi connectivity index (χ0n) is 10.4. The molecule has 0 radical (unpaired) electrons. The van der Waals surface area contributed by atoms with E-state index in [0.29, 0.717) is 22.3 Å². The second-order valence-electron chi connectivity index (χ2n) is 4.52. The lowest BCUT2D eigenvalue weighted by atomic mass is 9.96. The first-order valence-corrected chi connectivity index (χ1v) is 6.70. The summed E-state index contributed by atoms with van der Waals surface area (Å²) in [6.07, 6.45) is 0.375. The molecule has 0 spiro atoms. The summed E-state index contributed by atoms with van der Waals surface area (Å²) in [5.74, 6) is -1.37. The van der Waals surface area contributed by atoms with E-state index in [4.69, 9.17) is 5.73 Å². The zero-order chi connectivity index (χ0) is 14.0.